The monoisotopic (exact) mass is 242 g/mol. The molecule has 0 spiro atoms. The SMILES string of the molecule is CC(CC1CC1)NC(=O)c1ccc2cc[nH]c2c1. The maximum Gasteiger partial charge on any atom is 0.251 e. The summed E-state index contributed by atoms with van der Waals surface area (Å²) in [6.45, 7) is 2.09. The van der Waals surface area contributed by atoms with Gasteiger partial charge in [0.1, 0.15) is 0 Å². The van der Waals surface area contributed by atoms with E-state index in [9.17, 15) is 4.79 Å². The molecule has 1 saturated carbocycles. The molecule has 1 aliphatic rings. The number of nitrogens with one attached hydrogen (secondary N) is 2. The van der Waals surface area contributed by atoms with Crippen LogP contribution < -0.4 is 5.32 Å². The number of rotatable bonds is 4. The van der Waals surface area contributed by atoms with E-state index in [-0.39, 0.29) is 11.9 Å². The molecule has 1 aromatic carbocycles. The van der Waals surface area contributed by atoms with Crippen LogP contribution in [0.25, 0.3) is 10.9 Å². The topological polar surface area (TPSA) is 44.9 Å². The fraction of sp³-hybridized carbons (Fsp3) is 0.400. The van der Waals surface area contributed by atoms with Crippen molar-refractivity contribution in [1.29, 1.82) is 0 Å². The number of carbonyl (C=O) groups is 1. The molecule has 1 heterocycles. The zero-order chi connectivity index (χ0) is 12.5. The Labute approximate surface area is 107 Å². The van der Waals surface area contributed by atoms with Crippen LogP contribution in [0.4, 0.5) is 0 Å². The van der Waals surface area contributed by atoms with Gasteiger partial charge in [0.2, 0.25) is 0 Å². The third-order valence-electron chi connectivity index (χ3n) is 3.58. The molecule has 0 bridgehead atoms. The number of hydrogen-bond donors (Lipinski definition) is 2. The summed E-state index contributed by atoms with van der Waals surface area (Å²) in [5.74, 6) is 0.867. The van der Waals surface area contributed by atoms with Gasteiger partial charge in [-0.3, -0.25) is 4.79 Å². The molecular formula is C15H18N2O. The van der Waals surface area contributed by atoms with Gasteiger partial charge in [0, 0.05) is 23.3 Å². The van der Waals surface area contributed by atoms with E-state index in [1.807, 2.05) is 30.5 Å². The number of fused-ring (bicyclic) bond motifs is 1. The van der Waals surface area contributed by atoms with Crippen LogP contribution >= 0.6 is 0 Å². The van der Waals surface area contributed by atoms with Crippen molar-refractivity contribution in [2.24, 2.45) is 5.92 Å². The second kappa shape index (κ2) is 4.48. The zero-order valence-corrected chi connectivity index (χ0v) is 10.6. The van der Waals surface area contributed by atoms with Crippen molar-refractivity contribution >= 4 is 16.8 Å². The van der Waals surface area contributed by atoms with Crippen LogP contribution in [0.2, 0.25) is 0 Å². The third kappa shape index (κ3) is 2.40. The van der Waals surface area contributed by atoms with Crippen molar-refractivity contribution < 1.29 is 4.79 Å². The van der Waals surface area contributed by atoms with Crippen molar-refractivity contribution in [3.8, 4) is 0 Å². The van der Waals surface area contributed by atoms with E-state index >= 15 is 0 Å². The first kappa shape index (κ1) is 11.3. The quantitative estimate of drug-likeness (QED) is 0.850. The predicted octanol–water partition coefficient (Wildman–Crippen LogP) is 3.09. The normalized spacial score (nSPS) is 16.7. The maximum absolute atomic E-state index is 12.1. The minimum atomic E-state index is 0.0275. The average molecular weight is 242 g/mol. The van der Waals surface area contributed by atoms with Crippen LogP contribution in [-0.4, -0.2) is 16.9 Å². The molecule has 1 atom stereocenters. The minimum absolute atomic E-state index is 0.0275. The Morgan fingerprint density at radius 1 is 1.44 bits per heavy atom. The van der Waals surface area contributed by atoms with Crippen molar-refractivity contribution in [2.45, 2.75) is 32.2 Å². The maximum atomic E-state index is 12.1. The first-order chi connectivity index (χ1) is 8.72. The highest BCUT2D eigenvalue weighted by molar-refractivity contribution is 5.98. The lowest BCUT2D eigenvalue weighted by Crippen LogP contribution is -2.32. The summed E-state index contributed by atoms with van der Waals surface area (Å²) < 4.78 is 0. The van der Waals surface area contributed by atoms with Gasteiger partial charge < -0.3 is 10.3 Å². The van der Waals surface area contributed by atoms with Gasteiger partial charge in [-0.25, -0.2) is 0 Å². The minimum Gasteiger partial charge on any atom is -0.361 e. The molecule has 1 aromatic heterocycles. The second-order valence-corrected chi connectivity index (χ2v) is 5.33. The second-order valence-electron chi connectivity index (χ2n) is 5.33. The van der Waals surface area contributed by atoms with Crippen LogP contribution in [0.5, 0.6) is 0 Å². The first-order valence-electron chi connectivity index (χ1n) is 6.60. The third-order valence-corrected chi connectivity index (χ3v) is 3.58. The van der Waals surface area contributed by atoms with Gasteiger partial charge >= 0.3 is 0 Å². The van der Waals surface area contributed by atoms with Crippen molar-refractivity contribution in [3.63, 3.8) is 0 Å². The molecule has 3 nitrogen and oxygen atoms in total. The zero-order valence-electron chi connectivity index (χ0n) is 10.6. The average Bonchev–Trinajstić information content (AvgIpc) is 3.03. The van der Waals surface area contributed by atoms with E-state index in [2.05, 4.69) is 17.2 Å². The lowest BCUT2D eigenvalue weighted by molar-refractivity contribution is 0.0937. The summed E-state index contributed by atoms with van der Waals surface area (Å²) in [5.41, 5.74) is 1.74. The van der Waals surface area contributed by atoms with Gasteiger partial charge in [0.05, 0.1) is 0 Å². The molecule has 0 radical (unpaired) electrons. The first-order valence-corrected chi connectivity index (χ1v) is 6.60. The molecule has 18 heavy (non-hydrogen) atoms. The van der Waals surface area contributed by atoms with Crippen LogP contribution in [0.3, 0.4) is 0 Å². The fourth-order valence-electron chi connectivity index (χ4n) is 2.41. The highest BCUT2D eigenvalue weighted by atomic mass is 16.1. The Morgan fingerprint density at radius 2 is 2.28 bits per heavy atom. The molecule has 3 rings (SSSR count). The standard InChI is InChI=1S/C15H18N2O/c1-10(8-11-2-3-11)17-15(18)13-5-4-12-6-7-16-14(12)9-13/h4-7,9-11,16H,2-3,8H2,1H3,(H,17,18). The van der Waals surface area contributed by atoms with Crippen LogP contribution in [0.15, 0.2) is 30.5 Å². The van der Waals surface area contributed by atoms with Gasteiger partial charge in [-0.05, 0) is 42.8 Å². The van der Waals surface area contributed by atoms with Gasteiger partial charge in [0.15, 0.2) is 0 Å². The summed E-state index contributed by atoms with van der Waals surface area (Å²) in [4.78, 5) is 15.2. The van der Waals surface area contributed by atoms with Gasteiger partial charge in [-0.2, -0.15) is 0 Å². The van der Waals surface area contributed by atoms with Crippen molar-refractivity contribution in [3.05, 3.63) is 36.0 Å². The summed E-state index contributed by atoms with van der Waals surface area (Å²) in [6, 6.07) is 8.05. The number of amides is 1. The van der Waals surface area contributed by atoms with E-state index < -0.39 is 0 Å². The number of carbonyl (C=O) groups excluding carboxylic acids is 1. The molecule has 1 aliphatic carbocycles. The van der Waals surface area contributed by atoms with Crippen molar-refractivity contribution in [2.75, 3.05) is 0 Å². The number of aromatic amines is 1. The molecule has 0 aliphatic heterocycles. The van der Waals surface area contributed by atoms with E-state index in [1.54, 1.807) is 0 Å². The van der Waals surface area contributed by atoms with Crippen molar-refractivity contribution in [1.82, 2.24) is 10.3 Å². The van der Waals surface area contributed by atoms with E-state index in [1.165, 1.54) is 12.8 Å². The molecule has 3 heteroatoms. The number of hydrogen-bond acceptors (Lipinski definition) is 1. The molecular weight excluding hydrogens is 224 g/mol. The molecule has 1 fully saturated rings. The Morgan fingerprint density at radius 3 is 3.06 bits per heavy atom. The Kier molecular flexibility index (Phi) is 2.82. The van der Waals surface area contributed by atoms with Gasteiger partial charge in [0.25, 0.3) is 5.91 Å². The van der Waals surface area contributed by atoms with Crippen LogP contribution in [0.1, 0.15) is 36.5 Å². The molecule has 1 amide bonds. The predicted molar refractivity (Wildman–Crippen MR) is 72.6 cm³/mol. The van der Waals surface area contributed by atoms with E-state index in [0.29, 0.717) is 0 Å². The number of H-pyrrole nitrogens is 1. The van der Waals surface area contributed by atoms with E-state index in [4.69, 9.17) is 0 Å². The molecule has 2 aromatic rings. The van der Waals surface area contributed by atoms with Gasteiger partial charge in [-0.15, -0.1) is 0 Å². The van der Waals surface area contributed by atoms with Gasteiger partial charge in [-0.1, -0.05) is 18.9 Å². The number of benzene rings is 1. The summed E-state index contributed by atoms with van der Waals surface area (Å²) in [6.07, 6.45) is 5.65. The Bertz CT molecular complexity index is 569. The van der Waals surface area contributed by atoms with E-state index in [0.717, 1.165) is 28.8 Å². The highest BCUT2D eigenvalue weighted by Gasteiger charge is 2.24. The Balaban J connectivity index is 1.70. The van der Waals surface area contributed by atoms with Crippen LogP contribution in [-0.2, 0) is 0 Å². The summed E-state index contributed by atoms with van der Waals surface area (Å²) in [7, 11) is 0. The molecule has 0 saturated heterocycles. The molecule has 94 valence electrons. The van der Waals surface area contributed by atoms with Crippen LogP contribution in [0, 0.1) is 5.92 Å². The summed E-state index contributed by atoms with van der Waals surface area (Å²) >= 11 is 0. The highest BCUT2D eigenvalue weighted by Crippen LogP contribution is 2.33. The number of aromatic nitrogens is 1. The molecule has 1 unspecified atom stereocenters. The fourth-order valence-corrected chi connectivity index (χ4v) is 2.41. The lowest BCUT2D eigenvalue weighted by atomic mass is 10.1. The smallest absolute Gasteiger partial charge is 0.251 e. The summed E-state index contributed by atoms with van der Waals surface area (Å²) in [5, 5.41) is 4.21. The lowest BCUT2D eigenvalue weighted by Gasteiger charge is -2.13. The Hall–Kier alpha value is -1.77. The largest absolute Gasteiger partial charge is 0.361 e. The molecule has 2 N–H and O–H groups in total.